The summed E-state index contributed by atoms with van der Waals surface area (Å²) in [5.74, 6) is 1.85. The molecule has 1 aromatic rings. The van der Waals surface area contributed by atoms with Gasteiger partial charge in [0.15, 0.2) is 0 Å². The number of hydrogen-bond donors (Lipinski definition) is 1. The van der Waals surface area contributed by atoms with Gasteiger partial charge in [0.1, 0.15) is 0 Å². The molecule has 0 aromatic heterocycles. The van der Waals surface area contributed by atoms with Crippen molar-refractivity contribution in [1.82, 2.24) is 0 Å². The van der Waals surface area contributed by atoms with Gasteiger partial charge in [0.2, 0.25) is 0 Å². The molecule has 0 amide bonds. The topological polar surface area (TPSA) is 69.2 Å². The summed E-state index contributed by atoms with van der Waals surface area (Å²) < 4.78 is 0. The van der Waals surface area contributed by atoms with Gasteiger partial charge in [-0.2, -0.15) is 0 Å². The molecule has 1 fully saturated rings. The molecule has 0 aliphatic heterocycles. The Kier molecular flexibility index (Phi) is 4.99. The highest BCUT2D eigenvalue weighted by atomic mass is 16.6. The van der Waals surface area contributed by atoms with Crippen LogP contribution in [0.15, 0.2) is 18.2 Å². The number of benzene rings is 1. The van der Waals surface area contributed by atoms with E-state index in [1.165, 1.54) is 6.42 Å². The van der Waals surface area contributed by atoms with Crippen molar-refractivity contribution in [2.75, 3.05) is 0 Å². The number of hydrogen-bond acceptors (Lipinski definition) is 3. The van der Waals surface area contributed by atoms with Crippen molar-refractivity contribution in [1.29, 1.82) is 0 Å². The standard InChI is InChI=1S/C17H26N2O2/c1-11(2)13-7-8-16(18)15(9-13)10-14-5-4-6-17(12(14)3)19(20)21/h4-6,11,13,15-16H,7-10,18H2,1-3H3. The van der Waals surface area contributed by atoms with Crippen LogP contribution < -0.4 is 5.73 Å². The second-order valence-electron chi connectivity index (χ2n) is 6.76. The Morgan fingerprint density at radius 1 is 1.38 bits per heavy atom. The van der Waals surface area contributed by atoms with Gasteiger partial charge in [-0.05, 0) is 55.9 Å². The zero-order valence-electron chi connectivity index (χ0n) is 13.2. The summed E-state index contributed by atoms with van der Waals surface area (Å²) in [6.45, 7) is 6.40. The SMILES string of the molecule is Cc1c(CC2CC(C(C)C)CCC2N)cccc1[N+](=O)[O-]. The molecule has 0 spiro atoms. The molecule has 4 nitrogen and oxygen atoms in total. The Labute approximate surface area is 126 Å². The van der Waals surface area contributed by atoms with Gasteiger partial charge in [0.05, 0.1) is 4.92 Å². The van der Waals surface area contributed by atoms with Crippen LogP contribution in [0.1, 0.15) is 44.2 Å². The van der Waals surface area contributed by atoms with Crippen molar-refractivity contribution in [2.45, 2.75) is 52.5 Å². The van der Waals surface area contributed by atoms with E-state index in [9.17, 15) is 10.1 Å². The highest BCUT2D eigenvalue weighted by Gasteiger charge is 2.30. The van der Waals surface area contributed by atoms with Crippen molar-refractivity contribution >= 4 is 5.69 Å². The largest absolute Gasteiger partial charge is 0.327 e. The minimum atomic E-state index is -0.295. The predicted octanol–water partition coefficient (Wildman–Crippen LogP) is 3.85. The average Bonchev–Trinajstić information content (AvgIpc) is 2.42. The van der Waals surface area contributed by atoms with Crippen molar-refractivity contribution < 1.29 is 4.92 Å². The van der Waals surface area contributed by atoms with Crippen molar-refractivity contribution in [3.63, 3.8) is 0 Å². The van der Waals surface area contributed by atoms with E-state index < -0.39 is 0 Å². The molecule has 1 aliphatic carbocycles. The molecule has 4 heteroatoms. The molecule has 2 N–H and O–H groups in total. The van der Waals surface area contributed by atoms with Crippen molar-refractivity contribution in [2.24, 2.45) is 23.5 Å². The molecule has 1 aliphatic rings. The fraction of sp³-hybridized carbons (Fsp3) is 0.647. The van der Waals surface area contributed by atoms with Crippen LogP contribution in [-0.2, 0) is 6.42 Å². The highest BCUT2D eigenvalue weighted by Crippen LogP contribution is 2.36. The van der Waals surface area contributed by atoms with E-state index in [4.69, 9.17) is 5.73 Å². The summed E-state index contributed by atoms with van der Waals surface area (Å²) in [6.07, 6.45) is 4.28. The molecule has 2 rings (SSSR count). The predicted molar refractivity (Wildman–Crippen MR) is 85.2 cm³/mol. The van der Waals surface area contributed by atoms with Gasteiger partial charge in [-0.15, -0.1) is 0 Å². The molecule has 0 saturated heterocycles. The minimum Gasteiger partial charge on any atom is -0.327 e. The average molecular weight is 290 g/mol. The summed E-state index contributed by atoms with van der Waals surface area (Å²) in [6, 6.07) is 5.60. The van der Waals surface area contributed by atoms with Gasteiger partial charge in [-0.3, -0.25) is 10.1 Å². The Balaban J connectivity index is 2.17. The molecule has 3 atom stereocenters. The van der Waals surface area contributed by atoms with Crippen molar-refractivity contribution in [3.8, 4) is 0 Å². The van der Waals surface area contributed by atoms with Crippen LogP contribution >= 0.6 is 0 Å². The maximum Gasteiger partial charge on any atom is 0.272 e. The van der Waals surface area contributed by atoms with Gasteiger partial charge in [-0.1, -0.05) is 26.0 Å². The molecule has 116 valence electrons. The third kappa shape index (κ3) is 3.62. The first kappa shape index (κ1) is 16.0. The van der Waals surface area contributed by atoms with Gasteiger partial charge in [0.25, 0.3) is 5.69 Å². The third-order valence-corrected chi connectivity index (χ3v) is 5.12. The number of nitrogens with two attached hydrogens (primary N) is 1. The first-order valence-corrected chi connectivity index (χ1v) is 7.88. The van der Waals surface area contributed by atoms with Crippen LogP contribution in [-0.4, -0.2) is 11.0 Å². The molecular weight excluding hydrogens is 264 g/mol. The van der Waals surface area contributed by atoms with E-state index in [2.05, 4.69) is 13.8 Å². The minimum absolute atomic E-state index is 0.220. The number of nitro benzene ring substituents is 1. The van der Waals surface area contributed by atoms with Gasteiger partial charge >= 0.3 is 0 Å². The van der Waals surface area contributed by atoms with Gasteiger partial charge < -0.3 is 5.73 Å². The molecule has 0 radical (unpaired) electrons. The molecule has 0 bridgehead atoms. The molecule has 3 unspecified atom stereocenters. The number of rotatable bonds is 4. The molecule has 0 heterocycles. The fourth-order valence-electron chi connectivity index (χ4n) is 3.54. The number of nitrogens with zero attached hydrogens (tertiary/aromatic N) is 1. The van der Waals surface area contributed by atoms with Crippen LogP contribution in [0.5, 0.6) is 0 Å². The van der Waals surface area contributed by atoms with Crippen LogP contribution in [0.3, 0.4) is 0 Å². The zero-order valence-corrected chi connectivity index (χ0v) is 13.2. The summed E-state index contributed by atoms with van der Waals surface area (Å²) in [5, 5.41) is 11.1. The molecule has 1 aromatic carbocycles. The third-order valence-electron chi connectivity index (χ3n) is 5.12. The summed E-state index contributed by atoms with van der Waals surface area (Å²) >= 11 is 0. The lowest BCUT2D eigenvalue weighted by molar-refractivity contribution is -0.385. The maximum absolute atomic E-state index is 11.1. The lowest BCUT2D eigenvalue weighted by Crippen LogP contribution is -2.38. The van der Waals surface area contributed by atoms with E-state index in [0.29, 0.717) is 11.8 Å². The lowest BCUT2D eigenvalue weighted by atomic mass is 9.72. The normalized spacial score (nSPS) is 26.0. The first-order chi connectivity index (χ1) is 9.90. The highest BCUT2D eigenvalue weighted by molar-refractivity contribution is 5.44. The fourth-order valence-corrected chi connectivity index (χ4v) is 3.54. The van der Waals surface area contributed by atoms with Crippen LogP contribution in [0.25, 0.3) is 0 Å². The Hall–Kier alpha value is -1.42. The van der Waals surface area contributed by atoms with E-state index in [1.807, 2.05) is 13.0 Å². The summed E-state index contributed by atoms with van der Waals surface area (Å²) in [5.41, 5.74) is 8.39. The monoisotopic (exact) mass is 290 g/mol. The number of nitro groups is 1. The Morgan fingerprint density at radius 2 is 2.10 bits per heavy atom. The van der Waals surface area contributed by atoms with E-state index in [1.54, 1.807) is 12.1 Å². The molecule has 1 saturated carbocycles. The lowest BCUT2D eigenvalue weighted by Gasteiger charge is -2.36. The van der Waals surface area contributed by atoms with Crippen LogP contribution in [0.4, 0.5) is 5.69 Å². The van der Waals surface area contributed by atoms with Gasteiger partial charge in [-0.25, -0.2) is 0 Å². The van der Waals surface area contributed by atoms with Crippen molar-refractivity contribution in [3.05, 3.63) is 39.4 Å². The summed E-state index contributed by atoms with van der Waals surface area (Å²) in [4.78, 5) is 10.8. The van der Waals surface area contributed by atoms with Crippen LogP contribution in [0, 0.1) is 34.8 Å². The van der Waals surface area contributed by atoms with E-state index >= 15 is 0 Å². The molecule has 21 heavy (non-hydrogen) atoms. The Bertz CT molecular complexity index is 514. The molecular formula is C17H26N2O2. The van der Waals surface area contributed by atoms with E-state index in [-0.39, 0.29) is 16.7 Å². The second kappa shape index (κ2) is 6.56. The van der Waals surface area contributed by atoms with E-state index in [0.717, 1.165) is 36.3 Å². The smallest absolute Gasteiger partial charge is 0.272 e. The second-order valence-corrected chi connectivity index (χ2v) is 6.76. The Morgan fingerprint density at radius 3 is 2.71 bits per heavy atom. The van der Waals surface area contributed by atoms with Crippen LogP contribution in [0.2, 0.25) is 0 Å². The van der Waals surface area contributed by atoms with Gasteiger partial charge in [0, 0.05) is 17.7 Å². The first-order valence-electron chi connectivity index (χ1n) is 7.88. The maximum atomic E-state index is 11.1. The quantitative estimate of drug-likeness (QED) is 0.676. The zero-order chi connectivity index (χ0) is 15.6. The summed E-state index contributed by atoms with van der Waals surface area (Å²) in [7, 11) is 0.